The number of quaternary nitrogens is 1. The summed E-state index contributed by atoms with van der Waals surface area (Å²) >= 11 is 12.1. The summed E-state index contributed by atoms with van der Waals surface area (Å²) in [5, 5.41) is 5.85. The molecule has 0 unspecified atom stereocenters. The van der Waals surface area contributed by atoms with Gasteiger partial charge >= 0.3 is 0 Å². The van der Waals surface area contributed by atoms with E-state index < -0.39 is 0 Å². The highest BCUT2D eigenvalue weighted by Gasteiger charge is 2.15. The van der Waals surface area contributed by atoms with E-state index in [0.717, 1.165) is 5.56 Å². The fourth-order valence-corrected chi connectivity index (χ4v) is 2.89. The summed E-state index contributed by atoms with van der Waals surface area (Å²) in [5.41, 5.74) is 2.10. The van der Waals surface area contributed by atoms with E-state index in [0.29, 0.717) is 21.3 Å². The highest BCUT2D eigenvalue weighted by atomic mass is 35.5. The van der Waals surface area contributed by atoms with Crippen molar-refractivity contribution in [2.24, 2.45) is 0 Å². The van der Waals surface area contributed by atoms with Gasteiger partial charge in [0.1, 0.15) is 6.04 Å². The molecule has 0 heterocycles. The average molecular weight is 366 g/mol. The molecule has 2 aromatic rings. The zero-order chi connectivity index (χ0) is 17.7. The van der Waals surface area contributed by atoms with Crippen LogP contribution >= 0.6 is 23.2 Å². The molecule has 0 aliphatic heterocycles. The van der Waals surface area contributed by atoms with Gasteiger partial charge in [0.25, 0.3) is 5.91 Å². The number of halogens is 2. The van der Waals surface area contributed by atoms with Gasteiger partial charge in [0.15, 0.2) is 12.3 Å². The van der Waals surface area contributed by atoms with Crippen molar-refractivity contribution >= 4 is 40.6 Å². The lowest BCUT2D eigenvalue weighted by Gasteiger charge is -2.13. The topological polar surface area (TPSA) is 62.8 Å². The van der Waals surface area contributed by atoms with Gasteiger partial charge in [0, 0.05) is 21.8 Å². The molecule has 0 aromatic heterocycles. The Labute approximate surface area is 151 Å². The number of nitrogens with two attached hydrogens (primary N) is 1. The van der Waals surface area contributed by atoms with E-state index in [-0.39, 0.29) is 24.3 Å². The lowest BCUT2D eigenvalue weighted by molar-refractivity contribution is -0.682. The van der Waals surface area contributed by atoms with Crippen LogP contribution in [0.15, 0.2) is 42.5 Å². The van der Waals surface area contributed by atoms with E-state index in [2.05, 4.69) is 5.32 Å². The van der Waals surface area contributed by atoms with Crippen molar-refractivity contribution in [2.45, 2.75) is 19.9 Å². The molecule has 24 heavy (non-hydrogen) atoms. The summed E-state index contributed by atoms with van der Waals surface area (Å²) in [6.07, 6.45) is 0. The van der Waals surface area contributed by atoms with Crippen LogP contribution in [0.1, 0.15) is 35.8 Å². The molecule has 1 amide bonds. The molecule has 0 aliphatic carbocycles. The van der Waals surface area contributed by atoms with Crippen molar-refractivity contribution in [1.29, 1.82) is 0 Å². The van der Waals surface area contributed by atoms with Crippen molar-refractivity contribution in [2.75, 3.05) is 11.9 Å². The number of carbonyl (C=O) groups is 2. The largest absolute Gasteiger partial charge is 0.332 e. The Morgan fingerprint density at radius 1 is 1.17 bits per heavy atom. The van der Waals surface area contributed by atoms with Crippen molar-refractivity contribution in [3.05, 3.63) is 63.6 Å². The second-order valence-corrected chi connectivity index (χ2v) is 6.42. The van der Waals surface area contributed by atoms with Crippen LogP contribution in [0.3, 0.4) is 0 Å². The van der Waals surface area contributed by atoms with E-state index in [1.165, 1.54) is 6.92 Å². The first-order valence-electron chi connectivity index (χ1n) is 7.56. The second kappa shape index (κ2) is 8.29. The van der Waals surface area contributed by atoms with Crippen LogP contribution in [0.4, 0.5) is 5.69 Å². The Hall–Kier alpha value is -1.88. The Morgan fingerprint density at radius 3 is 2.58 bits per heavy atom. The van der Waals surface area contributed by atoms with Gasteiger partial charge in [0.05, 0.1) is 5.02 Å². The first-order chi connectivity index (χ1) is 11.4. The van der Waals surface area contributed by atoms with Crippen LogP contribution in [0.5, 0.6) is 0 Å². The first kappa shape index (κ1) is 18.5. The number of hydrogen-bond donors (Lipinski definition) is 2. The molecule has 0 saturated carbocycles. The Bertz CT molecular complexity index is 762. The maximum atomic E-state index is 12.1. The number of ketones is 1. The summed E-state index contributed by atoms with van der Waals surface area (Å²) in [6, 6.07) is 12.2. The molecule has 0 aliphatic rings. The molecule has 0 spiro atoms. The first-order valence-corrected chi connectivity index (χ1v) is 8.31. The van der Waals surface area contributed by atoms with E-state index >= 15 is 0 Å². The Balaban J connectivity index is 1.93. The maximum Gasteiger partial charge on any atom is 0.279 e. The van der Waals surface area contributed by atoms with Gasteiger partial charge in [0.2, 0.25) is 0 Å². The van der Waals surface area contributed by atoms with Gasteiger partial charge in [-0.2, -0.15) is 0 Å². The summed E-state index contributed by atoms with van der Waals surface area (Å²) in [6.45, 7) is 3.70. The third-order valence-corrected chi connectivity index (χ3v) is 4.23. The van der Waals surface area contributed by atoms with Crippen molar-refractivity contribution in [1.82, 2.24) is 0 Å². The fourth-order valence-electron chi connectivity index (χ4n) is 2.31. The molecule has 126 valence electrons. The second-order valence-electron chi connectivity index (χ2n) is 5.58. The minimum absolute atomic E-state index is 0.0177. The number of Topliss-reactive ketones (excluding diaryl/α,β-unsaturated/α-hetero) is 1. The highest BCUT2D eigenvalue weighted by molar-refractivity contribution is 6.35. The summed E-state index contributed by atoms with van der Waals surface area (Å²) in [5.74, 6) is -0.184. The molecule has 3 N–H and O–H groups in total. The number of amides is 1. The van der Waals surface area contributed by atoms with Crippen LogP contribution in [0.25, 0.3) is 0 Å². The Kier molecular flexibility index (Phi) is 6.37. The molecular weight excluding hydrogens is 347 g/mol. The fraction of sp³-hybridized carbons (Fsp3) is 0.222. The smallest absolute Gasteiger partial charge is 0.279 e. The SMILES string of the molecule is CC(=O)c1cccc(NC(=O)C[NH2+][C@@H](C)c2ccc(Cl)cc2Cl)c1. The summed E-state index contributed by atoms with van der Waals surface area (Å²) < 4.78 is 0. The molecular formula is C18H19Cl2N2O2+. The predicted molar refractivity (Wildman–Crippen MR) is 96.7 cm³/mol. The molecule has 2 rings (SSSR count). The zero-order valence-electron chi connectivity index (χ0n) is 13.5. The van der Waals surface area contributed by atoms with E-state index in [4.69, 9.17) is 23.2 Å². The summed E-state index contributed by atoms with van der Waals surface area (Å²) in [7, 11) is 0. The normalized spacial score (nSPS) is 11.8. The third-order valence-electron chi connectivity index (χ3n) is 3.66. The lowest BCUT2D eigenvalue weighted by Crippen LogP contribution is -2.86. The van der Waals surface area contributed by atoms with Crippen LogP contribution in [-0.2, 0) is 4.79 Å². The van der Waals surface area contributed by atoms with Gasteiger partial charge < -0.3 is 10.6 Å². The monoisotopic (exact) mass is 365 g/mol. The zero-order valence-corrected chi connectivity index (χ0v) is 15.0. The standard InChI is InChI=1S/C18H18Cl2N2O2/c1-11(16-7-6-14(19)9-17(16)20)21-10-18(24)22-15-5-3-4-13(8-15)12(2)23/h3-9,11,21H,10H2,1-2H3,(H,22,24)/p+1/t11-/m0/s1. The highest BCUT2D eigenvalue weighted by Crippen LogP contribution is 2.24. The Morgan fingerprint density at radius 2 is 1.92 bits per heavy atom. The number of rotatable bonds is 6. The van der Waals surface area contributed by atoms with Crippen LogP contribution < -0.4 is 10.6 Å². The van der Waals surface area contributed by atoms with Crippen molar-refractivity contribution in [3.8, 4) is 0 Å². The predicted octanol–water partition coefficient (Wildman–Crippen LogP) is 3.46. The van der Waals surface area contributed by atoms with E-state index in [9.17, 15) is 9.59 Å². The number of nitrogens with one attached hydrogen (secondary N) is 1. The van der Waals surface area contributed by atoms with Gasteiger partial charge in [-0.15, -0.1) is 0 Å². The molecule has 1 atom stereocenters. The number of anilines is 1. The van der Waals surface area contributed by atoms with Crippen LogP contribution in [-0.4, -0.2) is 18.2 Å². The van der Waals surface area contributed by atoms with Crippen molar-refractivity contribution < 1.29 is 14.9 Å². The molecule has 0 bridgehead atoms. The van der Waals surface area contributed by atoms with Gasteiger partial charge in [-0.05, 0) is 38.1 Å². The van der Waals surface area contributed by atoms with Gasteiger partial charge in [-0.1, -0.05) is 41.4 Å². The molecule has 6 heteroatoms. The van der Waals surface area contributed by atoms with Crippen LogP contribution in [0, 0.1) is 0 Å². The lowest BCUT2D eigenvalue weighted by atomic mass is 10.1. The molecule has 4 nitrogen and oxygen atoms in total. The van der Waals surface area contributed by atoms with Crippen LogP contribution in [0.2, 0.25) is 10.0 Å². The minimum atomic E-state index is -0.146. The molecule has 2 aromatic carbocycles. The van der Waals surface area contributed by atoms with E-state index in [1.807, 2.05) is 18.3 Å². The quantitative estimate of drug-likeness (QED) is 0.769. The van der Waals surface area contributed by atoms with E-state index in [1.54, 1.807) is 36.4 Å². The van der Waals surface area contributed by atoms with Gasteiger partial charge in [-0.25, -0.2) is 0 Å². The number of hydrogen-bond acceptors (Lipinski definition) is 2. The number of carbonyl (C=O) groups excluding carboxylic acids is 2. The molecule has 0 fully saturated rings. The third kappa shape index (κ3) is 5.06. The summed E-state index contributed by atoms with van der Waals surface area (Å²) in [4.78, 5) is 23.5. The average Bonchev–Trinajstić information content (AvgIpc) is 2.53. The van der Waals surface area contributed by atoms with Crippen molar-refractivity contribution in [3.63, 3.8) is 0 Å². The maximum absolute atomic E-state index is 12.1. The number of benzene rings is 2. The molecule has 0 saturated heterocycles. The minimum Gasteiger partial charge on any atom is -0.332 e. The molecule has 0 radical (unpaired) electrons. The van der Waals surface area contributed by atoms with Gasteiger partial charge in [-0.3, -0.25) is 9.59 Å².